The molecule has 3 N–H and O–H groups in total. The molecule has 1 aliphatic heterocycles. The van der Waals surface area contributed by atoms with E-state index < -0.39 is 0 Å². The number of hydrazine groups is 1. The Balaban J connectivity index is 2.30. The van der Waals surface area contributed by atoms with Crippen molar-refractivity contribution in [3.8, 4) is 5.75 Å². The standard InChI is InChI=1S/C14H19N3O2/c1-3-17(4-2)12-6-5-10-7-11(14(18)16-15)9-19-13(10)8-12/h5-8H,3-4,9,15H2,1-2H3,(H,16,18). The van der Waals surface area contributed by atoms with Crippen LogP contribution < -0.4 is 20.9 Å². The molecule has 2 rings (SSSR count). The van der Waals surface area contributed by atoms with Gasteiger partial charge in [-0.1, -0.05) is 0 Å². The third kappa shape index (κ3) is 2.71. The first-order valence-electron chi connectivity index (χ1n) is 6.42. The Bertz CT molecular complexity index is 507. The molecule has 1 aromatic rings. The molecule has 5 heteroatoms. The van der Waals surface area contributed by atoms with E-state index in [0.717, 1.165) is 30.1 Å². The topological polar surface area (TPSA) is 67.6 Å². The fourth-order valence-corrected chi connectivity index (χ4v) is 2.16. The van der Waals surface area contributed by atoms with E-state index in [2.05, 4.69) is 24.2 Å². The minimum absolute atomic E-state index is 0.248. The summed E-state index contributed by atoms with van der Waals surface area (Å²) in [7, 11) is 0. The third-order valence-electron chi connectivity index (χ3n) is 3.26. The molecule has 1 heterocycles. The van der Waals surface area contributed by atoms with Crippen LogP contribution in [-0.2, 0) is 4.79 Å². The number of nitrogens with zero attached hydrogens (tertiary/aromatic N) is 1. The second kappa shape index (κ2) is 5.75. The van der Waals surface area contributed by atoms with Gasteiger partial charge < -0.3 is 9.64 Å². The number of benzene rings is 1. The summed E-state index contributed by atoms with van der Waals surface area (Å²) in [5.41, 5.74) is 4.68. The second-order valence-corrected chi connectivity index (χ2v) is 4.33. The molecule has 102 valence electrons. The fraction of sp³-hybridized carbons (Fsp3) is 0.357. The van der Waals surface area contributed by atoms with E-state index in [1.165, 1.54) is 0 Å². The second-order valence-electron chi connectivity index (χ2n) is 4.33. The molecule has 0 aliphatic carbocycles. The van der Waals surface area contributed by atoms with Gasteiger partial charge in [0.15, 0.2) is 0 Å². The van der Waals surface area contributed by atoms with Crippen LogP contribution in [0.1, 0.15) is 19.4 Å². The SMILES string of the molecule is CCN(CC)c1ccc2c(c1)OCC(C(=O)NN)=C2. The zero-order valence-corrected chi connectivity index (χ0v) is 11.3. The Morgan fingerprint density at radius 2 is 2.16 bits per heavy atom. The first-order valence-corrected chi connectivity index (χ1v) is 6.42. The molecule has 0 bridgehead atoms. The third-order valence-corrected chi connectivity index (χ3v) is 3.26. The summed E-state index contributed by atoms with van der Waals surface area (Å²) >= 11 is 0. The first-order chi connectivity index (χ1) is 9.19. The molecule has 0 spiro atoms. The summed E-state index contributed by atoms with van der Waals surface area (Å²) in [4.78, 5) is 13.7. The molecule has 0 fully saturated rings. The van der Waals surface area contributed by atoms with Crippen LogP contribution in [0.5, 0.6) is 5.75 Å². The van der Waals surface area contributed by atoms with E-state index in [4.69, 9.17) is 10.6 Å². The molecule has 0 saturated heterocycles. The van der Waals surface area contributed by atoms with Gasteiger partial charge in [0.2, 0.25) is 0 Å². The van der Waals surface area contributed by atoms with E-state index in [0.29, 0.717) is 5.57 Å². The lowest BCUT2D eigenvalue weighted by molar-refractivity contribution is -0.117. The summed E-state index contributed by atoms with van der Waals surface area (Å²) < 4.78 is 5.63. The van der Waals surface area contributed by atoms with Crippen molar-refractivity contribution in [1.29, 1.82) is 0 Å². The highest BCUT2D eigenvalue weighted by molar-refractivity contribution is 5.98. The number of carbonyl (C=O) groups is 1. The van der Waals surface area contributed by atoms with Crippen LogP contribution in [0.3, 0.4) is 0 Å². The molecule has 0 saturated carbocycles. The lowest BCUT2D eigenvalue weighted by Crippen LogP contribution is -2.33. The highest BCUT2D eigenvalue weighted by atomic mass is 16.5. The number of amides is 1. The maximum atomic E-state index is 11.5. The van der Waals surface area contributed by atoms with Gasteiger partial charge in [-0.25, -0.2) is 5.84 Å². The largest absolute Gasteiger partial charge is 0.488 e. The Hall–Kier alpha value is -2.01. The number of ether oxygens (including phenoxy) is 1. The van der Waals surface area contributed by atoms with Crippen molar-refractivity contribution < 1.29 is 9.53 Å². The molecule has 0 aromatic heterocycles. The van der Waals surface area contributed by atoms with Gasteiger partial charge in [0.05, 0.1) is 5.57 Å². The van der Waals surface area contributed by atoms with E-state index in [9.17, 15) is 4.79 Å². The number of anilines is 1. The fourth-order valence-electron chi connectivity index (χ4n) is 2.16. The summed E-state index contributed by atoms with van der Waals surface area (Å²) in [5, 5.41) is 0. The number of fused-ring (bicyclic) bond motifs is 1. The predicted octanol–water partition coefficient (Wildman–Crippen LogP) is 1.30. The minimum Gasteiger partial charge on any atom is -0.488 e. The first kappa shape index (κ1) is 13.4. The molecule has 0 radical (unpaired) electrons. The van der Waals surface area contributed by atoms with Gasteiger partial charge in [0.25, 0.3) is 5.91 Å². The Morgan fingerprint density at radius 3 is 2.79 bits per heavy atom. The van der Waals surface area contributed by atoms with Gasteiger partial charge in [0.1, 0.15) is 12.4 Å². The summed E-state index contributed by atoms with van der Waals surface area (Å²) in [6.07, 6.45) is 1.81. The molecule has 1 amide bonds. The van der Waals surface area contributed by atoms with Crippen LogP contribution in [0.4, 0.5) is 5.69 Å². The van der Waals surface area contributed by atoms with Gasteiger partial charge in [-0.05, 0) is 32.1 Å². The summed E-state index contributed by atoms with van der Waals surface area (Å²) in [5.74, 6) is 5.62. The number of rotatable bonds is 4. The Morgan fingerprint density at radius 1 is 1.42 bits per heavy atom. The highest BCUT2D eigenvalue weighted by Gasteiger charge is 2.17. The van der Waals surface area contributed by atoms with Crippen LogP contribution in [0.2, 0.25) is 0 Å². The van der Waals surface area contributed by atoms with Crippen LogP contribution in [0, 0.1) is 0 Å². The number of hydrogen-bond donors (Lipinski definition) is 2. The zero-order chi connectivity index (χ0) is 13.8. The molecule has 0 atom stereocenters. The zero-order valence-electron chi connectivity index (χ0n) is 11.3. The lowest BCUT2D eigenvalue weighted by Gasteiger charge is -2.24. The lowest BCUT2D eigenvalue weighted by atomic mass is 10.1. The van der Waals surface area contributed by atoms with Crippen molar-refractivity contribution >= 4 is 17.7 Å². The van der Waals surface area contributed by atoms with E-state index >= 15 is 0 Å². The number of nitrogens with one attached hydrogen (secondary N) is 1. The quantitative estimate of drug-likeness (QED) is 0.487. The molecule has 1 aliphatic rings. The van der Waals surface area contributed by atoms with Crippen LogP contribution in [0.15, 0.2) is 23.8 Å². The summed E-state index contributed by atoms with van der Waals surface area (Å²) in [6, 6.07) is 6.01. The maximum Gasteiger partial charge on any atom is 0.264 e. The van der Waals surface area contributed by atoms with Gasteiger partial charge in [-0.3, -0.25) is 10.2 Å². The van der Waals surface area contributed by atoms with Gasteiger partial charge in [-0.2, -0.15) is 0 Å². The van der Waals surface area contributed by atoms with Crippen molar-refractivity contribution in [2.75, 3.05) is 24.6 Å². The van der Waals surface area contributed by atoms with Crippen molar-refractivity contribution in [2.45, 2.75) is 13.8 Å². The number of nitrogens with two attached hydrogens (primary N) is 1. The normalized spacial score (nSPS) is 13.1. The van der Waals surface area contributed by atoms with Crippen LogP contribution >= 0.6 is 0 Å². The Labute approximate surface area is 113 Å². The maximum absolute atomic E-state index is 11.5. The smallest absolute Gasteiger partial charge is 0.264 e. The molecular formula is C14H19N3O2. The highest BCUT2D eigenvalue weighted by Crippen LogP contribution is 2.30. The predicted molar refractivity (Wildman–Crippen MR) is 75.8 cm³/mol. The van der Waals surface area contributed by atoms with Crippen molar-refractivity contribution in [3.05, 3.63) is 29.3 Å². The number of hydrogen-bond acceptors (Lipinski definition) is 4. The molecular weight excluding hydrogens is 242 g/mol. The van der Waals surface area contributed by atoms with E-state index in [1.807, 2.05) is 24.3 Å². The molecule has 0 unspecified atom stereocenters. The minimum atomic E-state index is -0.307. The average molecular weight is 261 g/mol. The molecule has 19 heavy (non-hydrogen) atoms. The summed E-state index contributed by atoms with van der Waals surface area (Å²) in [6.45, 7) is 6.39. The van der Waals surface area contributed by atoms with Gasteiger partial charge >= 0.3 is 0 Å². The number of carbonyl (C=O) groups excluding carboxylic acids is 1. The van der Waals surface area contributed by atoms with Crippen LogP contribution in [-0.4, -0.2) is 25.6 Å². The van der Waals surface area contributed by atoms with E-state index in [1.54, 1.807) is 0 Å². The van der Waals surface area contributed by atoms with Crippen molar-refractivity contribution in [3.63, 3.8) is 0 Å². The van der Waals surface area contributed by atoms with Crippen LogP contribution in [0.25, 0.3) is 6.08 Å². The van der Waals surface area contributed by atoms with E-state index in [-0.39, 0.29) is 12.5 Å². The van der Waals surface area contributed by atoms with Crippen molar-refractivity contribution in [1.82, 2.24) is 5.43 Å². The van der Waals surface area contributed by atoms with Crippen molar-refractivity contribution in [2.24, 2.45) is 5.84 Å². The average Bonchev–Trinajstić information content (AvgIpc) is 2.47. The van der Waals surface area contributed by atoms with Gasteiger partial charge in [0, 0.05) is 30.4 Å². The molecule has 5 nitrogen and oxygen atoms in total. The Kier molecular flexibility index (Phi) is 4.06. The van der Waals surface area contributed by atoms with Gasteiger partial charge in [-0.15, -0.1) is 0 Å². The molecule has 1 aromatic carbocycles. The monoisotopic (exact) mass is 261 g/mol.